The lowest BCUT2D eigenvalue weighted by atomic mass is 9.93. The van der Waals surface area contributed by atoms with Crippen LogP contribution in [-0.4, -0.2) is 23.5 Å². The van der Waals surface area contributed by atoms with Crippen LogP contribution in [0.25, 0.3) is 0 Å². The molecule has 5 rings (SSSR count). The van der Waals surface area contributed by atoms with Gasteiger partial charge in [0.25, 0.3) is 11.8 Å². The summed E-state index contributed by atoms with van der Waals surface area (Å²) in [5.41, 5.74) is 6.80. The summed E-state index contributed by atoms with van der Waals surface area (Å²) in [6.45, 7) is -0.0622. The zero-order valence-electron chi connectivity index (χ0n) is 15.3. The Kier molecular flexibility index (Phi) is 3.62. The standard InChI is InChI=1S/C22H17N3O4/c23-14-4-3-5-15(11-14)25-21(27)16-6-1-2-7-17(16)22(25,28)13-8-9-19-18(10-13)24-20(26)12-29-19/h1-11,28H,12,23H2,(H,24,26). The maximum Gasteiger partial charge on any atom is 0.262 e. The molecule has 0 bridgehead atoms. The molecule has 2 heterocycles. The van der Waals surface area contributed by atoms with E-state index in [0.717, 1.165) is 0 Å². The SMILES string of the molecule is Nc1cccc(N2C(=O)c3ccccc3C2(O)c2ccc3c(c2)NC(=O)CO3)c1. The Morgan fingerprint density at radius 1 is 1.03 bits per heavy atom. The Balaban J connectivity index is 1.74. The van der Waals surface area contributed by atoms with Gasteiger partial charge in [0.05, 0.1) is 5.69 Å². The Labute approximate surface area is 166 Å². The van der Waals surface area contributed by atoms with E-state index in [4.69, 9.17) is 10.5 Å². The number of hydrogen-bond acceptors (Lipinski definition) is 5. The minimum absolute atomic E-state index is 0.0622. The molecule has 0 aromatic heterocycles. The number of anilines is 3. The highest BCUT2D eigenvalue weighted by Crippen LogP contribution is 2.46. The molecule has 3 aromatic carbocycles. The molecule has 1 unspecified atom stereocenters. The number of carbonyl (C=O) groups excluding carboxylic acids is 2. The third-order valence-electron chi connectivity index (χ3n) is 5.20. The van der Waals surface area contributed by atoms with Crippen molar-refractivity contribution in [3.8, 4) is 5.75 Å². The minimum atomic E-state index is -1.78. The molecular formula is C22H17N3O4. The van der Waals surface area contributed by atoms with Gasteiger partial charge < -0.3 is 20.9 Å². The lowest BCUT2D eigenvalue weighted by Crippen LogP contribution is -2.45. The summed E-state index contributed by atoms with van der Waals surface area (Å²) >= 11 is 0. The summed E-state index contributed by atoms with van der Waals surface area (Å²) in [6.07, 6.45) is 0. The van der Waals surface area contributed by atoms with E-state index in [9.17, 15) is 14.7 Å². The minimum Gasteiger partial charge on any atom is -0.482 e. The first-order valence-electron chi connectivity index (χ1n) is 9.07. The van der Waals surface area contributed by atoms with Crippen LogP contribution < -0.4 is 20.7 Å². The van der Waals surface area contributed by atoms with Crippen LogP contribution in [0.5, 0.6) is 5.75 Å². The summed E-state index contributed by atoms with van der Waals surface area (Å²) < 4.78 is 5.41. The number of ether oxygens (including phenoxy) is 1. The van der Waals surface area contributed by atoms with Crippen LogP contribution in [-0.2, 0) is 10.5 Å². The van der Waals surface area contributed by atoms with Crippen molar-refractivity contribution >= 4 is 28.9 Å². The van der Waals surface area contributed by atoms with Crippen LogP contribution in [0.15, 0.2) is 66.7 Å². The summed E-state index contributed by atoms with van der Waals surface area (Å²) in [7, 11) is 0. The van der Waals surface area contributed by atoms with E-state index < -0.39 is 5.72 Å². The van der Waals surface area contributed by atoms with Crippen LogP contribution in [0, 0.1) is 0 Å². The summed E-state index contributed by atoms with van der Waals surface area (Å²) in [6, 6.07) is 18.7. The Morgan fingerprint density at radius 3 is 2.69 bits per heavy atom. The number of rotatable bonds is 2. The number of nitrogens with zero attached hydrogens (tertiary/aromatic N) is 1. The number of nitrogens with two attached hydrogens (primary N) is 1. The second-order valence-corrected chi connectivity index (χ2v) is 7.00. The summed E-state index contributed by atoms with van der Waals surface area (Å²) in [4.78, 5) is 26.3. The van der Waals surface area contributed by atoms with Gasteiger partial charge in [0, 0.05) is 28.1 Å². The summed E-state index contributed by atoms with van der Waals surface area (Å²) in [5, 5.41) is 14.7. The monoisotopic (exact) mass is 387 g/mol. The van der Waals surface area contributed by atoms with Crippen LogP contribution in [0.4, 0.5) is 17.1 Å². The Morgan fingerprint density at radius 2 is 1.86 bits per heavy atom. The van der Waals surface area contributed by atoms with E-state index in [2.05, 4.69) is 5.32 Å². The normalized spacial score (nSPS) is 20.0. The molecule has 0 saturated carbocycles. The molecule has 7 nitrogen and oxygen atoms in total. The number of benzene rings is 3. The van der Waals surface area contributed by atoms with Crippen molar-refractivity contribution in [3.05, 3.63) is 83.4 Å². The van der Waals surface area contributed by atoms with Crippen LogP contribution in [0.1, 0.15) is 21.5 Å². The lowest BCUT2D eigenvalue weighted by Gasteiger charge is -2.35. The van der Waals surface area contributed by atoms with Gasteiger partial charge in [-0.15, -0.1) is 0 Å². The van der Waals surface area contributed by atoms with Gasteiger partial charge in [0.15, 0.2) is 12.3 Å². The topological polar surface area (TPSA) is 105 Å². The first-order chi connectivity index (χ1) is 14.0. The van der Waals surface area contributed by atoms with Gasteiger partial charge in [-0.25, -0.2) is 0 Å². The number of hydrogen-bond donors (Lipinski definition) is 3. The van der Waals surface area contributed by atoms with Gasteiger partial charge in [-0.2, -0.15) is 0 Å². The third kappa shape index (κ3) is 2.48. The van der Waals surface area contributed by atoms with Crippen LogP contribution in [0.2, 0.25) is 0 Å². The number of nitrogen functional groups attached to an aromatic ring is 1. The highest BCUT2D eigenvalue weighted by molar-refractivity contribution is 6.12. The van der Waals surface area contributed by atoms with E-state index in [-0.39, 0.29) is 18.4 Å². The first-order valence-corrected chi connectivity index (χ1v) is 9.07. The molecule has 2 aliphatic rings. The van der Waals surface area contributed by atoms with Crippen LogP contribution in [0.3, 0.4) is 0 Å². The molecular weight excluding hydrogens is 370 g/mol. The van der Waals surface area contributed by atoms with Gasteiger partial charge in [-0.3, -0.25) is 14.5 Å². The van der Waals surface area contributed by atoms with Gasteiger partial charge in [0.1, 0.15) is 5.75 Å². The first kappa shape index (κ1) is 17.3. The zero-order valence-corrected chi connectivity index (χ0v) is 15.3. The molecule has 0 spiro atoms. The maximum absolute atomic E-state index is 13.3. The molecule has 0 fully saturated rings. The second-order valence-electron chi connectivity index (χ2n) is 7.00. The van der Waals surface area contributed by atoms with Crippen molar-refractivity contribution in [1.82, 2.24) is 0 Å². The highest BCUT2D eigenvalue weighted by Gasteiger charge is 2.51. The molecule has 2 amide bonds. The Bertz CT molecular complexity index is 1180. The molecule has 0 saturated heterocycles. The molecule has 1 atom stereocenters. The van der Waals surface area contributed by atoms with E-state index in [1.54, 1.807) is 66.7 Å². The fourth-order valence-corrected chi connectivity index (χ4v) is 3.91. The van der Waals surface area contributed by atoms with Gasteiger partial charge >= 0.3 is 0 Å². The van der Waals surface area contributed by atoms with Crippen molar-refractivity contribution in [3.63, 3.8) is 0 Å². The number of fused-ring (bicyclic) bond motifs is 2. The van der Waals surface area contributed by atoms with Gasteiger partial charge in [-0.1, -0.05) is 24.3 Å². The van der Waals surface area contributed by atoms with E-state index in [1.165, 1.54) is 4.90 Å². The average Bonchev–Trinajstić information content (AvgIpc) is 2.96. The predicted molar refractivity (Wildman–Crippen MR) is 108 cm³/mol. The van der Waals surface area contributed by atoms with Crippen molar-refractivity contribution < 1.29 is 19.4 Å². The maximum atomic E-state index is 13.3. The third-order valence-corrected chi connectivity index (χ3v) is 5.20. The molecule has 7 heteroatoms. The zero-order chi connectivity index (χ0) is 20.2. The largest absolute Gasteiger partial charge is 0.482 e. The van der Waals surface area contributed by atoms with Gasteiger partial charge in [-0.05, 0) is 42.5 Å². The molecule has 3 aromatic rings. The van der Waals surface area contributed by atoms with E-state index in [1.807, 2.05) is 0 Å². The second kappa shape index (κ2) is 6.08. The number of amides is 2. The van der Waals surface area contributed by atoms with Crippen molar-refractivity contribution in [1.29, 1.82) is 0 Å². The molecule has 2 aliphatic heterocycles. The highest BCUT2D eigenvalue weighted by atomic mass is 16.5. The molecule has 29 heavy (non-hydrogen) atoms. The number of aliphatic hydroxyl groups is 1. The molecule has 4 N–H and O–H groups in total. The molecule has 144 valence electrons. The van der Waals surface area contributed by atoms with E-state index >= 15 is 0 Å². The van der Waals surface area contributed by atoms with Crippen molar-refractivity contribution in [2.24, 2.45) is 0 Å². The number of carbonyl (C=O) groups is 2. The van der Waals surface area contributed by atoms with Gasteiger partial charge in [0.2, 0.25) is 0 Å². The average molecular weight is 387 g/mol. The van der Waals surface area contributed by atoms with Crippen LogP contribution >= 0.6 is 0 Å². The fourth-order valence-electron chi connectivity index (χ4n) is 3.91. The quantitative estimate of drug-likeness (QED) is 0.586. The van der Waals surface area contributed by atoms with E-state index in [0.29, 0.717) is 39.5 Å². The predicted octanol–water partition coefficient (Wildman–Crippen LogP) is 2.45. The van der Waals surface area contributed by atoms with Crippen molar-refractivity contribution in [2.45, 2.75) is 5.72 Å². The van der Waals surface area contributed by atoms with Crippen molar-refractivity contribution in [2.75, 3.05) is 22.6 Å². The Hall–Kier alpha value is -3.84. The smallest absolute Gasteiger partial charge is 0.262 e. The molecule has 0 aliphatic carbocycles. The lowest BCUT2D eigenvalue weighted by molar-refractivity contribution is -0.118. The summed E-state index contributed by atoms with van der Waals surface area (Å²) in [5.74, 6) is -0.117. The fraction of sp³-hybridized carbons (Fsp3) is 0.0909. The molecule has 0 radical (unpaired) electrons. The number of nitrogens with one attached hydrogen (secondary N) is 1.